The van der Waals surface area contributed by atoms with Gasteiger partial charge >= 0.3 is 6.16 Å². The van der Waals surface area contributed by atoms with Gasteiger partial charge in [0, 0.05) is 37.1 Å². The van der Waals surface area contributed by atoms with Gasteiger partial charge in [-0.3, -0.25) is 19.4 Å². The fraction of sp³-hybridized carbons (Fsp3) is 0.360. The van der Waals surface area contributed by atoms with E-state index in [2.05, 4.69) is 35.9 Å². The van der Waals surface area contributed by atoms with Gasteiger partial charge in [0.2, 0.25) is 5.82 Å². The Hall–Kier alpha value is -4.72. The zero-order valence-electron chi connectivity index (χ0n) is 21.7. The molecule has 4 aromatic rings. The minimum atomic E-state index is -1.45. The van der Waals surface area contributed by atoms with E-state index in [4.69, 9.17) is 9.84 Å². The summed E-state index contributed by atoms with van der Waals surface area (Å²) < 4.78 is 7.65. The highest BCUT2D eigenvalue weighted by Gasteiger charge is 2.31. The van der Waals surface area contributed by atoms with Crippen LogP contribution in [-0.4, -0.2) is 76.3 Å². The summed E-state index contributed by atoms with van der Waals surface area (Å²) in [6, 6.07) is 7.21. The summed E-state index contributed by atoms with van der Waals surface area (Å²) in [5.74, 6) is 0.661. The smallest absolute Gasteiger partial charge is 0.450 e. The highest BCUT2D eigenvalue weighted by molar-refractivity contribution is 6.05. The van der Waals surface area contributed by atoms with Crippen LogP contribution in [0.15, 0.2) is 42.9 Å². The number of carboxylic acid groups (broad SMARTS) is 1. The van der Waals surface area contributed by atoms with Gasteiger partial charge in [-0.2, -0.15) is 9.78 Å². The third-order valence-electron chi connectivity index (χ3n) is 6.62. The fourth-order valence-electron chi connectivity index (χ4n) is 4.73. The lowest BCUT2D eigenvalue weighted by atomic mass is 10.0. The topological polar surface area (TPSA) is 166 Å². The molecule has 39 heavy (non-hydrogen) atoms. The molecule has 0 aromatic carbocycles. The molecule has 2 N–H and O–H groups in total. The van der Waals surface area contributed by atoms with Gasteiger partial charge in [-0.1, -0.05) is 12.1 Å². The number of nitrogens with one attached hydrogen (secondary N) is 1. The normalized spacial score (nSPS) is 16.0. The van der Waals surface area contributed by atoms with Crippen LogP contribution in [-0.2, 0) is 11.8 Å². The van der Waals surface area contributed by atoms with Crippen LogP contribution in [0.4, 0.5) is 10.6 Å². The van der Waals surface area contributed by atoms with E-state index in [9.17, 15) is 9.59 Å². The molecule has 0 aliphatic carbocycles. The number of aromatic nitrogens is 8. The molecule has 5 rings (SSSR count). The molecule has 202 valence electrons. The van der Waals surface area contributed by atoms with Crippen LogP contribution in [0.5, 0.6) is 0 Å². The van der Waals surface area contributed by atoms with Crippen molar-refractivity contribution >= 4 is 17.9 Å². The standard InChI is InChI=1S/C25H28N10O4/c1-15-6-4-11-27-22(15)34(18-7-5-10-26-13-18)24(36)20-9-8-17(12-28-20)19-14-29-33(3)21(19)23-30-31-32-35(23)16(2)39-25(37)38/h4,6,8-9,11-12,14,16,18,26H,5,7,10,13H2,1-3H3,(H,37,38)/t16-,18+/m0/s1. The Morgan fingerprint density at radius 3 is 2.77 bits per heavy atom. The van der Waals surface area contributed by atoms with Crippen molar-refractivity contribution in [2.24, 2.45) is 7.05 Å². The number of rotatable bonds is 7. The summed E-state index contributed by atoms with van der Waals surface area (Å²) in [5, 5.41) is 28.4. The summed E-state index contributed by atoms with van der Waals surface area (Å²) in [7, 11) is 1.72. The predicted octanol–water partition coefficient (Wildman–Crippen LogP) is 2.45. The van der Waals surface area contributed by atoms with Gasteiger partial charge in [0.25, 0.3) is 5.91 Å². The maximum Gasteiger partial charge on any atom is 0.507 e. The highest BCUT2D eigenvalue weighted by atomic mass is 16.7. The number of amides is 1. The van der Waals surface area contributed by atoms with Crippen LogP contribution < -0.4 is 10.2 Å². The van der Waals surface area contributed by atoms with E-state index < -0.39 is 12.4 Å². The first-order valence-corrected chi connectivity index (χ1v) is 12.5. The number of aryl methyl sites for hydroxylation is 2. The van der Waals surface area contributed by atoms with Crippen molar-refractivity contribution in [1.29, 1.82) is 0 Å². The number of pyridine rings is 2. The molecule has 0 radical (unpaired) electrons. The average Bonchev–Trinajstić information content (AvgIpc) is 3.56. The molecular formula is C25H28N10O4. The highest BCUT2D eigenvalue weighted by Crippen LogP contribution is 2.31. The van der Waals surface area contributed by atoms with E-state index in [0.717, 1.165) is 24.9 Å². The lowest BCUT2D eigenvalue weighted by Gasteiger charge is -2.34. The van der Waals surface area contributed by atoms with Gasteiger partial charge < -0.3 is 15.2 Å². The number of piperidine rings is 1. The summed E-state index contributed by atoms with van der Waals surface area (Å²) in [6.07, 6.45) is 4.33. The monoisotopic (exact) mass is 532 g/mol. The van der Waals surface area contributed by atoms with Crippen molar-refractivity contribution in [1.82, 2.24) is 45.3 Å². The Labute approximate surface area is 223 Å². The van der Waals surface area contributed by atoms with E-state index in [1.807, 2.05) is 19.1 Å². The Kier molecular flexibility index (Phi) is 7.27. The summed E-state index contributed by atoms with van der Waals surface area (Å²) in [4.78, 5) is 35.6. The quantitative estimate of drug-likeness (QED) is 0.336. The largest absolute Gasteiger partial charge is 0.507 e. The van der Waals surface area contributed by atoms with Crippen LogP contribution >= 0.6 is 0 Å². The van der Waals surface area contributed by atoms with Gasteiger partial charge in [0.15, 0.2) is 6.23 Å². The van der Waals surface area contributed by atoms with Crippen molar-refractivity contribution < 1.29 is 19.4 Å². The molecule has 5 heterocycles. The SMILES string of the molecule is Cc1cccnc1N(C(=O)c1ccc(-c2cnn(C)c2-c2nnnn2[C@H](C)OC(=O)O)cn1)[C@@H]1CCCNC1. The first kappa shape index (κ1) is 25.9. The summed E-state index contributed by atoms with van der Waals surface area (Å²) in [5.41, 5.74) is 3.05. The molecule has 0 spiro atoms. The first-order valence-electron chi connectivity index (χ1n) is 12.5. The van der Waals surface area contributed by atoms with Crippen molar-refractivity contribution in [3.63, 3.8) is 0 Å². The molecule has 14 nitrogen and oxygen atoms in total. The van der Waals surface area contributed by atoms with Crippen LogP contribution in [0.2, 0.25) is 0 Å². The summed E-state index contributed by atoms with van der Waals surface area (Å²) in [6.45, 7) is 5.06. The minimum absolute atomic E-state index is 0.0416. The molecule has 1 amide bonds. The van der Waals surface area contributed by atoms with E-state index in [1.165, 1.54) is 11.6 Å². The van der Waals surface area contributed by atoms with E-state index in [1.54, 1.807) is 47.4 Å². The van der Waals surface area contributed by atoms with Crippen LogP contribution in [0.3, 0.4) is 0 Å². The second kappa shape index (κ2) is 10.9. The maximum atomic E-state index is 13.8. The second-order valence-electron chi connectivity index (χ2n) is 9.21. The maximum absolute atomic E-state index is 13.8. The molecule has 0 unspecified atom stereocenters. The molecule has 1 aliphatic heterocycles. The number of nitrogens with zero attached hydrogens (tertiary/aromatic N) is 9. The van der Waals surface area contributed by atoms with Gasteiger partial charge in [-0.05, 0) is 61.4 Å². The molecule has 1 fully saturated rings. The molecule has 0 saturated carbocycles. The van der Waals surface area contributed by atoms with Gasteiger partial charge in [0.1, 0.15) is 17.2 Å². The summed E-state index contributed by atoms with van der Waals surface area (Å²) >= 11 is 0. The zero-order valence-corrected chi connectivity index (χ0v) is 21.7. The third-order valence-corrected chi connectivity index (χ3v) is 6.62. The minimum Gasteiger partial charge on any atom is -0.450 e. The Balaban J connectivity index is 1.47. The van der Waals surface area contributed by atoms with Crippen molar-refractivity contribution in [2.45, 2.75) is 39.0 Å². The predicted molar refractivity (Wildman–Crippen MR) is 139 cm³/mol. The number of hydrogen-bond acceptors (Lipinski definition) is 10. The fourth-order valence-corrected chi connectivity index (χ4v) is 4.73. The molecule has 4 aromatic heterocycles. The van der Waals surface area contributed by atoms with Crippen LogP contribution in [0.25, 0.3) is 22.6 Å². The van der Waals surface area contributed by atoms with Crippen LogP contribution in [0.1, 0.15) is 42.0 Å². The Morgan fingerprint density at radius 2 is 2.08 bits per heavy atom. The Bertz CT molecular complexity index is 1480. The Morgan fingerprint density at radius 1 is 1.23 bits per heavy atom. The number of anilines is 1. The first-order chi connectivity index (χ1) is 18.8. The molecule has 1 saturated heterocycles. The van der Waals surface area contributed by atoms with E-state index in [-0.39, 0.29) is 23.5 Å². The number of ether oxygens (including phenoxy) is 1. The van der Waals surface area contributed by atoms with Gasteiger partial charge in [0.05, 0.1) is 12.2 Å². The lowest BCUT2D eigenvalue weighted by molar-refractivity contribution is 0.0219. The molecule has 0 bridgehead atoms. The second-order valence-corrected chi connectivity index (χ2v) is 9.21. The number of carbonyl (C=O) groups is 2. The molecule has 14 heteroatoms. The van der Waals surface area contributed by atoms with Crippen molar-refractivity contribution in [2.75, 3.05) is 18.0 Å². The van der Waals surface area contributed by atoms with Gasteiger partial charge in [-0.15, -0.1) is 5.10 Å². The van der Waals surface area contributed by atoms with Gasteiger partial charge in [-0.25, -0.2) is 9.78 Å². The molecular weight excluding hydrogens is 504 g/mol. The van der Waals surface area contributed by atoms with E-state index >= 15 is 0 Å². The molecule has 2 atom stereocenters. The lowest BCUT2D eigenvalue weighted by Crippen LogP contribution is -2.49. The zero-order chi connectivity index (χ0) is 27.5. The van der Waals surface area contributed by atoms with Crippen molar-refractivity contribution in [3.05, 3.63) is 54.1 Å². The van der Waals surface area contributed by atoms with E-state index in [0.29, 0.717) is 29.2 Å². The third kappa shape index (κ3) is 5.18. The number of tetrazole rings is 1. The average molecular weight is 533 g/mol. The van der Waals surface area contributed by atoms with Crippen molar-refractivity contribution in [3.8, 4) is 22.6 Å². The van der Waals surface area contributed by atoms with Crippen LogP contribution in [0, 0.1) is 6.92 Å². The molecule has 1 aliphatic rings. The number of hydrogen-bond donors (Lipinski definition) is 2. The number of carbonyl (C=O) groups excluding carboxylic acids is 1.